The first kappa shape index (κ1) is 15.1. The maximum absolute atomic E-state index is 12.7. The van der Waals surface area contributed by atoms with E-state index in [-0.39, 0.29) is 29.9 Å². The van der Waals surface area contributed by atoms with Gasteiger partial charge >= 0.3 is 5.97 Å². The zero-order chi connectivity index (χ0) is 15.7. The third-order valence-corrected chi connectivity index (χ3v) is 4.45. The minimum Gasteiger partial charge on any atom is -0.496 e. The largest absolute Gasteiger partial charge is 0.496 e. The Kier molecular flexibility index (Phi) is 4.21. The summed E-state index contributed by atoms with van der Waals surface area (Å²) in [5.74, 6) is -0.356. The highest BCUT2D eigenvalue weighted by atomic mass is 35.5. The van der Waals surface area contributed by atoms with Crippen molar-refractivity contribution in [3.05, 3.63) is 41.1 Å². The second kappa shape index (κ2) is 6.13. The van der Waals surface area contributed by atoms with E-state index in [1.54, 1.807) is 12.1 Å². The van der Waals surface area contributed by atoms with Gasteiger partial charge in [0.1, 0.15) is 12.2 Å². The third kappa shape index (κ3) is 3.02. The number of hydrogen-bond acceptors (Lipinski definition) is 4. The number of ether oxygens (including phenoxy) is 2. The molecule has 1 aliphatic carbocycles. The van der Waals surface area contributed by atoms with Crippen molar-refractivity contribution in [3.8, 4) is 0 Å². The summed E-state index contributed by atoms with van der Waals surface area (Å²) in [6, 6.07) is 7.16. The summed E-state index contributed by atoms with van der Waals surface area (Å²) in [6.07, 6.45) is 3.11. The molecule has 0 saturated heterocycles. The van der Waals surface area contributed by atoms with E-state index in [1.165, 1.54) is 13.2 Å². The SMILES string of the molecule is CC(=O)OC1CCC2C(=O)C(c3ccc(Cl)cc3)=COC2C1. The predicted octanol–water partition coefficient (Wildman–Crippen LogP) is 3.38. The van der Waals surface area contributed by atoms with Gasteiger partial charge in [0.15, 0.2) is 5.78 Å². The minimum atomic E-state index is -0.289. The highest BCUT2D eigenvalue weighted by molar-refractivity contribution is 6.30. The number of carbonyl (C=O) groups is 2. The number of allylic oxidation sites excluding steroid dienone is 1. The fraction of sp³-hybridized carbons (Fsp3) is 0.412. The number of carbonyl (C=O) groups excluding carboxylic acids is 2. The molecule has 0 amide bonds. The first-order valence-corrected chi connectivity index (χ1v) is 7.75. The van der Waals surface area contributed by atoms with E-state index in [0.717, 1.165) is 5.56 Å². The fourth-order valence-corrected chi connectivity index (χ4v) is 3.26. The number of Topliss-reactive ketones (excluding diaryl/α,β-unsaturated/α-hetero) is 1. The van der Waals surface area contributed by atoms with Crippen molar-refractivity contribution in [2.24, 2.45) is 5.92 Å². The molecule has 1 heterocycles. The Morgan fingerprint density at radius 3 is 2.68 bits per heavy atom. The van der Waals surface area contributed by atoms with Gasteiger partial charge in [-0.15, -0.1) is 0 Å². The van der Waals surface area contributed by atoms with Crippen LogP contribution in [0, 0.1) is 5.92 Å². The lowest BCUT2D eigenvalue weighted by atomic mass is 9.78. The van der Waals surface area contributed by atoms with Crippen LogP contribution in [0.15, 0.2) is 30.5 Å². The van der Waals surface area contributed by atoms with Crippen molar-refractivity contribution in [1.82, 2.24) is 0 Å². The van der Waals surface area contributed by atoms with E-state index >= 15 is 0 Å². The molecule has 1 aromatic rings. The number of esters is 1. The van der Waals surface area contributed by atoms with Crippen LogP contribution in [0.2, 0.25) is 5.02 Å². The lowest BCUT2D eigenvalue weighted by molar-refractivity contribution is -0.151. The van der Waals surface area contributed by atoms with Crippen LogP contribution in [0.1, 0.15) is 31.7 Å². The molecule has 1 aromatic carbocycles. The molecule has 1 aliphatic heterocycles. The summed E-state index contributed by atoms with van der Waals surface area (Å²) in [5.41, 5.74) is 1.40. The number of ketones is 1. The molecule has 2 aliphatic rings. The van der Waals surface area contributed by atoms with Crippen molar-refractivity contribution in [2.75, 3.05) is 0 Å². The molecule has 3 unspecified atom stereocenters. The summed E-state index contributed by atoms with van der Waals surface area (Å²) in [7, 11) is 0. The third-order valence-electron chi connectivity index (χ3n) is 4.19. The Morgan fingerprint density at radius 2 is 2.00 bits per heavy atom. The molecule has 1 fully saturated rings. The van der Waals surface area contributed by atoms with Crippen molar-refractivity contribution < 1.29 is 19.1 Å². The van der Waals surface area contributed by atoms with Gasteiger partial charge in [-0.2, -0.15) is 0 Å². The Bertz CT molecular complexity index is 620. The molecule has 116 valence electrons. The topological polar surface area (TPSA) is 52.6 Å². The number of rotatable bonds is 2. The molecule has 0 aromatic heterocycles. The van der Waals surface area contributed by atoms with Crippen molar-refractivity contribution in [1.29, 1.82) is 0 Å². The van der Waals surface area contributed by atoms with Gasteiger partial charge in [0.05, 0.1) is 17.8 Å². The van der Waals surface area contributed by atoms with Crippen LogP contribution >= 0.6 is 11.6 Å². The first-order valence-electron chi connectivity index (χ1n) is 7.37. The molecular formula is C17H17ClO4. The first-order chi connectivity index (χ1) is 10.5. The van der Waals surface area contributed by atoms with Gasteiger partial charge in [0, 0.05) is 18.4 Å². The van der Waals surface area contributed by atoms with Crippen LogP contribution in [0.5, 0.6) is 0 Å². The van der Waals surface area contributed by atoms with Gasteiger partial charge in [-0.1, -0.05) is 23.7 Å². The number of hydrogen-bond donors (Lipinski definition) is 0. The monoisotopic (exact) mass is 320 g/mol. The van der Waals surface area contributed by atoms with E-state index < -0.39 is 0 Å². The van der Waals surface area contributed by atoms with Gasteiger partial charge in [0.2, 0.25) is 0 Å². The van der Waals surface area contributed by atoms with E-state index in [1.807, 2.05) is 12.1 Å². The Morgan fingerprint density at radius 1 is 1.27 bits per heavy atom. The highest BCUT2D eigenvalue weighted by Gasteiger charge is 2.41. The maximum atomic E-state index is 12.7. The van der Waals surface area contributed by atoms with Gasteiger partial charge in [-0.3, -0.25) is 9.59 Å². The Balaban J connectivity index is 1.76. The van der Waals surface area contributed by atoms with E-state index in [0.29, 0.717) is 29.9 Å². The van der Waals surface area contributed by atoms with Crippen molar-refractivity contribution in [3.63, 3.8) is 0 Å². The molecule has 22 heavy (non-hydrogen) atoms. The van der Waals surface area contributed by atoms with E-state index in [4.69, 9.17) is 21.1 Å². The molecule has 4 nitrogen and oxygen atoms in total. The molecule has 5 heteroatoms. The van der Waals surface area contributed by atoms with Gasteiger partial charge in [0.25, 0.3) is 0 Å². The average Bonchev–Trinajstić information content (AvgIpc) is 2.48. The van der Waals surface area contributed by atoms with E-state index in [9.17, 15) is 9.59 Å². The second-order valence-corrected chi connectivity index (χ2v) is 6.16. The van der Waals surface area contributed by atoms with Crippen LogP contribution in [-0.2, 0) is 19.1 Å². The number of fused-ring (bicyclic) bond motifs is 1. The zero-order valence-corrected chi connectivity index (χ0v) is 13.0. The lowest BCUT2D eigenvalue weighted by Crippen LogP contribution is -2.41. The van der Waals surface area contributed by atoms with Gasteiger partial charge in [-0.25, -0.2) is 0 Å². The summed E-state index contributed by atoms with van der Waals surface area (Å²) >= 11 is 5.88. The minimum absolute atomic E-state index is 0.0971. The summed E-state index contributed by atoms with van der Waals surface area (Å²) in [6.45, 7) is 1.40. The van der Waals surface area contributed by atoms with Crippen LogP contribution < -0.4 is 0 Å². The van der Waals surface area contributed by atoms with Crippen molar-refractivity contribution >= 4 is 28.9 Å². The standard InChI is InChI=1S/C17H17ClO4/c1-10(19)22-13-6-7-14-16(8-13)21-9-15(17(14)20)11-2-4-12(18)5-3-11/h2-5,9,13-14,16H,6-8H2,1H3. The van der Waals surface area contributed by atoms with Crippen LogP contribution in [0.25, 0.3) is 5.57 Å². The average molecular weight is 321 g/mol. The van der Waals surface area contributed by atoms with Gasteiger partial charge in [-0.05, 0) is 30.5 Å². The molecule has 0 N–H and O–H groups in total. The zero-order valence-electron chi connectivity index (χ0n) is 12.3. The van der Waals surface area contributed by atoms with Crippen molar-refractivity contribution in [2.45, 2.75) is 38.4 Å². The van der Waals surface area contributed by atoms with Crippen LogP contribution in [-0.4, -0.2) is 24.0 Å². The lowest BCUT2D eigenvalue weighted by Gasteiger charge is -2.37. The second-order valence-electron chi connectivity index (χ2n) is 5.73. The van der Waals surface area contributed by atoms with Crippen LogP contribution in [0.3, 0.4) is 0 Å². The summed E-state index contributed by atoms with van der Waals surface area (Å²) in [4.78, 5) is 23.7. The molecule has 0 spiro atoms. The Labute approximate surface area is 134 Å². The number of benzene rings is 1. The molecule has 3 atom stereocenters. The molecule has 1 saturated carbocycles. The number of halogens is 1. The smallest absolute Gasteiger partial charge is 0.302 e. The molecule has 0 bridgehead atoms. The quantitative estimate of drug-likeness (QED) is 0.784. The molecular weight excluding hydrogens is 304 g/mol. The summed E-state index contributed by atoms with van der Waals surface area (Å²) in [5, 5.41) is 0.633. The highest BCUT2D eigenvalue weighted by Crippen LogP contribution is 2.37. The fourth-order valence-electron chi connectivity index (χ4n) is 3.14. The van der Waals surface area contributed by atoms with Crippen LogP contribution in [0.4, 0.5) is 0 Å². The van der Waals surface area contributed by atoms with E-state index in [2.05, 4.69) is 0 Å². The predicted molar refractivity (Wildman–Crippen MR) is 82.2 cm³/mol. The maximum Gasteiger partial charge on any atom is 0.302 e. The normalized spacial score (nSPS) is 27.5. The Hall–Kier alpha value is -1.81. The van der Waals surface area contributed by atoms with Gasteiger partial charge < -0.3 is 9.47 Å². The molecule has 0 radical (unpaired) electrons. The molecule has 3 rings (SSSR count). The summed E-state index contributed by atoms with van der Waals surface area (Å²) < 4.78 is 11.0.